The predicted octanol–water partition coefficient (Wildman–Crippen LogP) is -2.59. The Labute approximate surface area is 130 Å². The molecule has 0 aromatic rings. The minimum atomic E-state index is 0. The number of allylic oxidation sites excluding steroid dienone is 8. The van der Waals surface area contributed by atoms with Gasteiger partial charge in [0.25, 0.3) is 0 Å². The first-order chi connectivity index (χ1) is 6.47. The second-order valence-corrected chi connectivity index (χ2v) is 3.44. The topological polar surface area (TPSA) is 0 Å². The minimum absolute atomic E-state index is 0. The monoisotopic (exact) mass is 330 g/mol. The number of hydrogen-bond acceptors (Lipinski definition) is 0. The number of rotatable bonds is 0. The largest absolute Gasteiger partial charge is 4.00 e. The maximum absolute atomic E-state index is 2.99. The van der Waals surface area contributed by atoms with Gasteiger partial charge in [0.1, 0.15) is 0 Å². The number of fused-ring (bicyclic) bond motifs is 1. The molecule has 3 rings (SSSR count). The van der Waals surface area contributed by atoms with Crippen molar-refractivity contribution in [1.82, 2.24) is 0 Å². The molecule has 0 N–H and O–H groups in total. The van der Waals surface area contributed by atoms with Crippen molar-refractivity contribution >= 4 is 0 Å². The minimum Gasteiger partial charge on any atom is -1.00 e. The molecule has 16 heavy (non-hydrogen) atoms. The van der Waals surface area contributed by atoms with Gasteiger partial charge in [-0.15, -0.1) is 18.9 Å². The molecule has 3 heteroatoms. The molecule has 0 nitrogen and oxygen atoms in total. The molecular formula is C13H14Cl2Zr. The van der Waals surface area contributed by atoms with Crippen molar-refractivity contribution in [3.63, 3.8) is 0 Å². The van der Waals surface area contributed by atoms with Crippen molar-refractivity contribution < 1.29 is 51.0 Å². The summed E-state index contributed by atoms with van der Waals surface area (Å²) in [5.41, 5.74) is 1.55. The Morgan fingerprint density at radius 1 is 1.25 bits per heavy atom. The number of hydrogen-bond donors (Lipinski definition) is 0. The maximum atomic E-state index is 2.99. The van der Waals surface area contributed by atoms with E-state index in [2.05, 4.69) is 36.8 Å². The van der Waals surface area contributed by atoms with Gasteiger partial charge in [-0.25, -0.2) is 30.2 Å². The molecular weight excluding hydrogens is 318 g/mol. The molecule has 0 saturated heterocycles. The molecule has 1 saturated carbocycles. The summed E-state index contributed by atoms with van der Waals surface area (Å²) in [6.07, 6.45) is 21.7. The van der Waals surface area contributed by atoms with E-state index in [1.54, 1.807) is 5.57 Å². The van der Waals surface area contributed by atoms with E-state index >= 15 is 0 Å². The first-order valence-electron chi connectivity index (χ1n) is 4.90. The van der Waals surface area contributed by atoms with Gasteiger partial charge in [0.15, 0.2) is 0 Å². The quantitative estimate of drug-likeness (QED) is 0.427. The molecule has 1 fully saturated rings. The van der Waals surface area contributed by atoms with E-state index in [-0.39, 0.29) is 51.0 Å². The average molecular weight is 332 g/mol. The van der Waals surface area contributed by atoms with Crippen LogP contribution in [0.5, 0.6) is 0 Å². The molecule has 0 heterocycles. The van der Waals surface area contributed by atoms with Gasteiger partial charge >= 0.3 is 26.2 Å². The molecule has 0 aromatic carbocycles. The van der Waals surface area contributed by atoms with E-state index in [4.69, 9.17) is 0 Å². The van der Waals surface area contributed by atoms with E-state index in [1.807, 2.05) is 12.2 Å². The summed E-state index contributed by atoms with van der Waals surface area (Å²) in [6.45, 7) is 0. The SMILES string of the molecule is C1=CC2CC[CH-]C2=C1.[C-]1=CC=CC1.[Cl-].[Cl-].[Zr+4]. The van der Waals surface area contributed by atoms with Gasteiger partial charge in [-0.05, 0) is 5.92 Å². The van der Waals surface area contributed by atoms with Gasteiger partial charge < -0.3 is 24.8 Å². The van der Waals surface area contributed by atoms with Crippen molar-refractivity contribution in [3.8, 4) is 0 Å². The Kier molecular flexibility index (Phi) is 12.2. The smallest absolute Gasteiger partial charge is 1.00 e. The van der Waals surface area contributed by atoms with Crippen LogP contribution in [0.3, 0.4) is 0 Å². The van der Waals surface area contributed by atoms with Crippen molar-refractivity contribution in [2.24, 2.45) is 5.92 Å². The van der Waals surface area contributed by atoms with Gasteiger partial charge in [-0.1, -0.05) is 12.5 Å². The Hall–Kier alpha value is 0.293. The Bertz CT molecular complexity index is 280. The van der Waals surface area contributed by atoms with Gasteiger partial charge in [-0.3, -0.25) is 6.08 Å². The molecule has 1 atom stereocenters. The predicted molar refractivity (Wildman–Crippen MR) is 55.8 cm³/mol. The van der Waals surface area contributed by atoms with Gasteiger partial charge in [0.05, 0.1) is 0 Å². The average Bonchev–Trinajstić information content (AvgIpc) is 2.84. The van der Waals surface area contributed by atoms with Crippen LogP contribution in [-0.2, 0) is 26.2 Å². The fraction of sp³-hybridized carbons (Fsp3) is 0.308. The van der Waals surface area contributed by atoms with E-state index in [0.717, 1.165) is 12.3 Å². The van der Waals surface area contributed by atoms with Crippen LogP contribution in [0.4, 0.5) is 0 Å². The van der Waals surface area contributed by atoms with Crippen LogP contribution >= 0.6 is 0 Å². The summed E-state index contributed by atoms with van der Waals surface area (Å²) in [6, 6.07) is 0. The molecule has 0 spiro atoms. The van der Waals surface area contributed by atoms with Gasteiger partial charge in [-0.2, -0.15) is 6.08 Å². The van der Waals surface area contributed by atoms with Crippen LogP contribution in [0, 0.1) is 18.4 Å². The first kappa shape index (κ1) is 18.7. The van der Waals surface area contributed by atoms with Crippen LogP contribution < -0.4 is 24.8 Å². The Balaban J connectivity index is 0. The van der Waals surface area contributed by atoms with Crippen LogP contribution in [-0.4, -0.2) is 0 Å². The molecule has 1 unspecified atom stereocenters. The molecule has 84 valence electrons. The summed E-state index contributed by atoms with van der Waals surface area (Å²) in [7, 11) is 0. The van der Waals surface area contributed by atoms with Crippen LogP contribution in [0.2, 0.25) is 0 Å². The summed E-state index contributed by atoms with van der Waals surface area (Å²) in [4.78, 5) is 0. The van der Waals surface area contributed by atoms with Crippen LogP contribution in [0.15, 0.2) is 42.0 Å². The molecule has 0 aromatic heterocycles. The zero-order valence-electron chi connectivity index (χ0n) is 9.00. The fourth-order valence-corrected chi connectivity index (χ4v) is 1.79. The molecule has 3 aliphatic rings. The maximum Gasteiger partial charge on any atom is 4.00 e. The van der Waals surface area contributed by atoms with E-state index in [9.17, 15) is 0 Å². The zero-order chi connectivity index (χ0) is 8.93. The third-order valence-electron chi connectivity index (χ3n) is 2.50. The third kappa shape index (κ3) is 5.57. The molecule has 0 radical (unpaired) electrons. The normalized spacial score (nSPS) is 21.5. The summed E-state index contributed by atoms with van der Waals surface area (Å²) in [5, 5.41) is 0. The van der Waals surface area contributed by atoms with Crippen LogP contribution in [0.25, 0.3) is 0 Å². The van der Waals surface area contributed by atoms with Crippen LogP contribution in [0.1, 0.15) is 19.3 Å². The van der Waals surface area contributed by atoms with Crippen molar-refractivity contribution in [1.29, 1.82) is 0 Å². The Morgan fingerprint density at radius 3 is 2.56 bits per heavy atom. The fourth-order valence-electron chi connectivity index (χ4n) is 1.79. The van der Waals surface area contributed by atoms with Crippen molar-refractivity contribution in [2.75, 3.05) is 0 Å². The van der Waals surface area contributed by atoms with Gasteiger partial charge in [0, 0.05) is 0 Å². The summed E-state index contributed by atoms with van der Waals surface area (Å²) >= 11 is 0. The first-order valence-corrected chi connectivity index (χ1v) is 4.90. The molecule has 3 aliphatic carbocycles. The second-order valence-electron chi connectivity index (χ2n) is 3.44. The van der Waals surface area contributed by atoms with E-state index in [0.29, 0.717) is 0 Å². The van der Waals surface area contributed by atoms with E-state index in [1.165, 1.54) is 12.8 Å². The molecule has 0 amide bonds. The van der Waals surface area contributed by atoms with E-state index < -0.39 is 0 Å². The Morgan fingerprint density at radius 2 is 2.06 bits per heavy atom. The summed E-state index contributed by atoms with van der Waals surface area (Å²) in [5.74, 6) is 0.801. The number of halogens is 2. The molecule has 0 bridgehead atoms. The van der Waals surface area contributed by atoms with Gasteiger partial charge in [0.2, 0.25) is 0 Å². The molecule has 0 aliphatic heterocycles. The summed E-state index contributed by atoms with van der Waals surface area (Å²) < 4.78 is 0. The standard InChI is InChI=1S/C8H9.C5H5.2ClH.Zr/c1-3-7-5-2-6-8(7)4-1;1-2-4-5-3-1;;;/h1,3-5,8H,2,6H2;1-3H,4H2;2*1H;/q2*-1;;;+4/p-2. The second kappa shape index (κ2) is 10.4. The van der Waals surface area contributed by atoms with Crippen molar-refractivity contribution in [3.05, 3.63) is 54.5 Å². The zero-order valence-corrected chi connectivity index (χ0v) is 13.0. The van der Waals surface area contributed by atoms with Crippen molar-refractivity contribution in [2.45, 2.75) is 19.3 Å². The third-order valence-corrected chi connectivity index (χ3v) is 2.50.